The lowest BCUT2D eigenvalue weighted by Gasteiger charge is -2.41. The summed E-state index contributed by atoms with van der Waals surface area (Å²) in [5.74, 6) is -0.198. The molecule has 0 N–H and O–H groups in total. The average Bonchev–Trinajstić information content (AvgIpc) is 2.12. The normalized spacial score (nSPS) is 14.7. The molecule has 16 heavy (non-hydrogen) atoms. The number of carbonyl (C=O) groups is 1. The summed E-state index contributed by atoms with van der Waals surface area (Å²) in [6, 6.07) is 0. The van der Waals surface area contributed by atoms with Crippen molar-refractivity contribution in [3.63, 3.8) is 0 Å². The predicted octanol–water partition coefficient (Wildman–Crippen LogP) is 3.00. The molecule has 0 aromatic heterocycles. The first-order valence-electron chi connectivity index (χ1n) is 5.96. The molecular formula is C12H26O3Si. The van der Waals surface area contributed by atoms with Crippen LogP contribution in [-0.2, 0) is 14.3 Å². The van der Waals surface area contributed by atoms with Crippen molar-refractivity contribution in [1.29, 1.82) is 0 Å². The summed E-state index contributed by atoms with van der Waals surface area (Å²) in [5, 5.41) is 0.111. The molecule has 0 aromatic carbocycles. The van der Waals surface area contributed by atoms with E-state index >= 15 is 0 Å². The van der Waals surface area contributed by atoms with Crippen LogP contribution in [0.4, 0.5) is 0 Å². The fourth-order valence-electron chi connectivity index (χ4n) is 1.35. The largest absolute Gasteiger partial charge is 0.464 e. The van der Waals surface area contributed by atoms with E-state index in [2.05, 4.69) is 33.9 Å². The number of esters is 1. The van der Waals surface area contributed by atoms with Gasteiger partial charge < -0.3 is 9.47 Å². The van der Waals surface area contributed by atoms with Gasteiger partial charge >= 0.3 is 5.97 Å². The number of hydrogen-bond donors (Lipinski definition) is 0. The molecule has 0 heterocycles. The molecule has 0 fully saturated rings. The lowest BCUT2D eigenvalue weighted by molar-refractivity contribution is -0.151. The van der Waals surface area contributed by atoms with E-state index in [1.54, 1.807) is 0 Å². The lowest BCUT2D eigenvalue weighted by atomic mass is 10.2. The zero-order chi connectivity index (χ0) is 13.0. The summed E-state index contributed by atoms with van der Waals surface area (Å²) in [4.78, 5) is 11.9. The van der Waals surface area contributed by atoms with E-state index in [1.807, 2.05) is 13.8 Å². The van der Waals surface area contributed by atoms with E-state index < -0.39 is 8.07 Å². The standard InChI is InChI=1S/C12H26O3Si/c1-8-14-10(13)11(15-9-2)16(6,7)12(3,4)5/h11H,8-9H2,1-7H3. The van der Waals surface area contributed by atoms with Crippen molar-refractivity contribution in [3.8, 4) is 0 Å². The van der Waals surface area contributed by atoms with Crippen LogP contribution in [0, 0.1) is 0 Å². The Bertz CT molecular complexity index is 231. The Morgan fingerprint density at radius 3 is 2.00 bits per heavy atom. The number of carbonyl (C=O) groups excluding carboxylic acids is 1. The highest BCUT2D eigenvalue weighted by Crippen LogP contribution is 2.39. The highest BCUT2D eigenvalue weighted by atomic mass is 28.3. The Hall–Kier alpha value is -0.353. The summed E-state index contributed by atoms with van der Waals surface area (Å²) in [6.07, 6.45) is 0. The van der Waals surface area contributed by atoms with Crippen LogP contribution in [0.5, 0.6) is 0 Å². The van der Waals surface area contributed by atoms with Crippen molar-refractivity contribution in [2.24, 2.45) is 0 Å². The topological polar surface area (TPSA) is 35.5 Å². The number of ether oxygens (including phenoxy) is 2. The maximum Gasteiger partial charge on any atom is 0.331 e. The number of hydrogen-bond acceptors (Lipinski definition) is 3. The molecule has 0 spiro atoms. The monoisotopic (exact) mass is 246 g/mol. The van der Waals surface area contributed by atoms with Gasteiger partial charge in [-0.05, 0) is 18.9 Å². The van der Waals surface area contributed by atoms with Crippen molar-refractivity contribution < 1.29 is 14.3 Å². The minimum Gasteiger partial charge on any atom is -0.464 e. The van der Waals surface area contributed by atoms with E-state index in [0.29, 0.717) is 13.2 Å². The summed E-state index contributed by atoms with van der Waals surface area (Å²) in [5.41, 5.74) is -0.363. The van der Waals surface area contributed by atoms with Gasteiger partial charge in [0.05, 0.1) is 6.61 Å². The SMILES string of the molecule is CCOC(=O)C(OCC)[Si](C)(C)C(C)(C)C. The minimum atomic E-state index is -1.85. The summed E-state index contributed by atoms with van der Waals surface area (Å²) < 4.78 is 10.7. The Morgan fingerprint density at radius 1 is 1.19 bits per heavy atom. The van der Waals surface area contributed by atoms with Crippen LogP contribution in [0.1, 0.15) is 34.6 Å². The minimum absolute atomic E-state index is 0.111. The molecule has 0 saturated carbocycles. The van der Waals surface area contributed by atoms with Crippen LogP contribution >= 0.6 is 0 Å². The highest BCUT2D eigenvalue weighted by molar-refractivity contribution is 6.83. The second-order valence-electron chi connectivity index (χ2n) is 5.56. The zero-order valence-corrected chi connectivity index (χ0v) is 12.7. The first-order valence-corrected chi connectivity index (χ1v) is 9.04. The molecular weight excluding hydrogens is 220 g/mol. The van der Waals surface area contributed by atoms with Gasteiger partial charge in [0.2, 0.25) is 0 Å². The van der Waals surface area contributed by atoms with Crippen LogP contribution < -0.4 is 0 Å². The fraction of sp³-hybridized carbons (Fsp3) is 0.917. The molecule has 0 rings (SSSR count). The molecule has 0 radical (unpaired) electrons. The second-order valence-corrected chi connectivity index (χ2v) is 11.0. The van der Waals surface area contributed by atoms with Crippen LogP contribution in [0.3, 0.4) is 0 Å². The molecule has 3 nitrogen and oxygen atoms in total. The van der Waals surface area contributed by atoms with Crippen molar-refractivity contribution in [1.82, 2.24) is 0 Å². The van der Waals surface area contributed by atoms with Crippen LogP contribution in [0.25, 0.3) is 0 Å². The molecule has 0 aromatic rings. The zero-order valence-electron chi connectivity index (χ0n) is 11.7. The Kier molecular flexibility index (Phi) is 5.69. The van der Waals surface area contributed by atoms with Gasteiger partial charge in [-0.3, -0.25) is 0 Å². The lowest BCUT2D eigenvalue weighted by Crippen LogP contribution is -2.55. The summed E-state index contributed by atoms with van der Waals surface area (Å²) >= 11 is 0. The molecule has 0 aliphatic rings. The molecule has 0 aliphatic carbocycles. The molecule has 1 atom stereocenters. The third-order valence-electron chi connectivity index (χ3n) is 3.42. The Labute approximate surface area is 101 Å². The molecule has 96 valence electrons. The van der Waals surface area contributed by atoms with Crippen LogP contribution in [0.15, 0.2) is 0 Å². The van der Waals surface area contributed by atoms with E-state index in [4.69, 9.17) is 9.47 Å². The molecule has 0 bridgehead atoms. The molecule has 0 amide bonds. The Balaban J connectivity index is 4.97. The van der Waals surface area contributed by atoms with Gasteiger partial charge in [-0.25, -0.2) is 4.79 Å². The van der Waals surface area contributed by atoms with Gasteiger partial charge in [0.1, 0.15) is 13.8 Å². The van der Waals surface area contributed by atoms with E-state index in [-0.39, 0.29) is 16.7 Å². The molecule has 1 unspecified atom stereocenters. The van der Waals surface area contributed by atoms with Gasteiger partial charge in [0.25, 0.3) is 0 Å². The third kappa shape index (κ3) is 3.59. The molecule has 0 aliphatic heterocycles. The molecule has 0 saturated heterocycles. The van der Waals surface area contributed by atoms with Crippen molar-refractivity contribution in [2.45, 2.75) is 58.5 Å². The first kappa shape index (κ1) is 15.6. The molecule has 4 heteroatoms. The Morgan fingerprint density at radius 2 is 1.69 bits per heavy atom. The van der Waals surface area contributed by atoms with Crippen LogP contribution in [0.2, 0.25) is 18.1 Å². The van der Waals surface area contributed by atoms with Gasteiger partial charge in [0.15, 0.2) is 0 Å². The van der Waals surface area contributed by atoms with Crippen molar-refractivity contribution >= 4 is 14.0 Å². The fourth-order valence-corrected chi connectivity index (χ4v) is 3.39. The average molecular weight is 246 g/mol. The van der Waals surface area contributed by atoms with E-state index in [1.165, 1.54) is 0 Å². The summed E-state index contributed by atoms with van der Waals surface area (Å²) in [7, 11) is -1.85. The van der Waals surface area contributed by atoms with Gasteiger partial charge in [0, 0.05) is 6.61 Å². The van der Waals surface area contributed by atoms with E-state index in [9.17, 15) is 4.79 Å². The van der Waals surface area contributed by atoms with Crippen LogP contribution in [-0.4, -0.2) is 33.0 Å². The predicted molar refractivity (Wildman–Crippen MR) is 69.2 cm³/mol. The van der Waals surface area contributed by atoms with E-state index in [0.717, 1.165) is 0 Å². The maximum atomic E-state index is 11.9. The van der Waals surface area contributed by atoms with Gasteiger partial charge in [-0.1, -0.05) is 33.9 Å². The van der Waals surface area contributed by atoms with Gasteiger partial charge in [-0.2, -0.15) is 0 Å². The highest BCUT2D eigenvalue weighted by Gasteiger charge is 2.47. The quantitative estimate of drug-likeness (QED) is 0.552. The summed E-state index contributed by atoms with van der Waals surface area (Å²) in [6.45, 7) is 15.6. The van der Waals surface area contributed by atoms with Crippen molar-refractivity contribution in [3.05, 3.63) is 0 Å². The third-order valence-corrected chi connectivity index (χ3v) is 9.00. The first-order chi connectivity index (χ1) is 7.18. The van der Waals surface area contributed by atoms with Gasteiger partial charge in [-0.15, -0.1) is 0 Å². The maximum absolute atomic E-state index is 11.9. The van der Waals surface area contributed by atoms with Crippen molar-refractivity contribution in [2.75, 3.05) is 13.2 Å². The number of rotatable bonds is 5. The smallest absolute Gasteiger partial charge is 0.331 e. The second kappa shape index (κ2) is 5.82.